The maximum absolute atomic E-state index is 12.7. The first-order valence-electron chi connectivity index (χ1n) is 9.97. The Morgan fingerprint density at radius 1 is 1.03 bits per heavy atom. The van der Waals surface area contributed by atoms with Crippen LogP contribution in [0.15, 0.2) is 12.5 Å². The largest absolute Gasteiger partial charge is 0.480 e. The molecular formula is C19H32N6O6. The van der Waals surface area contributed by atoms with E-state index in [2.05, 4.69) is 25.9 Å². The Morgan fingerprint density at radius 2 is 1.65 bits per heavy atom. The van der Waals surface area contributed by atoms with Crippen LogP contribution in [0.4, 0.5) is 0 Å². The van der Waals surface area contributed by atoms with Gasteiger partial charge in [0, 0.05) is 18.3 Å². The summed E-state index contributed by atoms with van der Waals surface area (Å²) in [5.41, 5.74) is 6.13. The third-order valence-corrected chi connectivity index (χ3v) is 4.51. The molecule has 3 amide bonds. The van der Waals surface area contributed by atoms with Crippen LogP contribution in [-0.4, -0.2) is 74.1 Å². The molecule has 0 aliphatic rings. The van der Waals surface area contributed by atoms with E-state index in [4.69, 9.17) is 5.73 Å². The van der Waals surface area contributed by atoms with Gasteiger partial charge in [0.25, 0.3) is 0 Å². The summed E-state index contributed by atoms with van der Waals surface area (Å²) in [6.45, 7) is 6.46. The molecule has 8 N–H and O–H groups in total. The van der Waals surface area contributed by atoms with Gasteiger partial charge in [0.2, 0.25) is 17.7 Å². The minimum absolute atomic E-state index is 0.00892. The van der Waals surface area contributed by atoms with E-state index in [1.807, 2.05) is 13.8 Å². The van der Waals surface area contributed by atoms with Crippen molar-refractivity contribution in [3.05, 3.63) is 18.2 Å². The molecule has 0 aliphatic heterocycles. The lowest BCUT2D eigenvalue weighted by Gasteiger charge is -2.25. The summed E-state index contributed by atoms with van der Waals surface area (Å²) in [7, 11) is 0. The number of aromatic amines is 1. The fourth-order valence-electron chi connectivity index (χ4n) is 2.68. The minimum Gasteiger partial charge on any atom is -0.480 e. The van der Waals surface area contributed by atoms with Gasteiger partial charge in [0.1, 0.15) is 24.2 Å². The molecule has 1 heterocycles. The van der Waals surface area contributed by atoms with Crippen LogP contribution in [-0.2, 0) is 25.6 Å². The van der Waals surface area contributed by atoms with Gasteiger partial charge in [0.15, 0.2) is 0 Å². The number of nitrogens with two attached hydrogens (primary N) is 1. The van der Waals surface area contributed by atoms with Crippen molar-refractivity contribution in [2.24, 2.45) is 11.7 Å². The van der Waals surface area contributed by atoms with Gasteiger partial charge in [0.05, 0.1) is 12.4 Å². The van der Waals surface area contributed by atoms with Crippen molar-refractivity contribution in [3.8, 4) is 0 Å². The molecule has 1 aromatic heterocycles. The van der Waals surface area contributed by atoms with Crippen LogP contribution in [0.5, 0.6) is 0 Å². The van der Waals surface area contributed by atoms with Gasteiger partial charge in [-0.05, 0) is 26.2 Å². The number of hydrogen-bond donors (Lipinski definition) is 7. The highest BCUT2D eigenvalue weighted by molar-refractivity contribution is 5.94. The number of aromatic nitrogens is 2. The van der Waals surface area contributed by atoms with E-state index >= 15 is 0 Å². The quantitative estimate of drug-likeness (QED) is 0.199. The molecule has 0 aromatic carbocycles. The Balaban J connectivity index is 2.76. The summed E-state index contributed by atoms with van der Waals surface area (Å²) in [5, 5.41) is 26.2. The van der Waals surface area contributed by atoms with E-state index < -0.39 is 54.0 Å². The topological polar surface area (TPSA) is 200 Å². The van der Waals surface area contributed by atoms with Crippen LogP contribution < -0.4 is 21.7 Å². The van der Waals surface area contributed by atoms with Gasteiger partial charge in [-0.3, -0.25) is 14.4 Å². The van der Waals surface area contributed by atoms with Crippen molar-refractivity contribution in [2.45, 2.75) is 70.8 Å². The van der Waals surface area contributed by atoms with Gasteiger partial charge in [-0.2, -0.15) is 0 Å². The zero-order valence-corrected chi connectivity index (χ0v) is 18.1. The van der Waals surface area contributed by atoms with Gasteiger partial charge >= 0.3 is 5.97 Å². The number of hydrogen-bond acceptors (Lipinski definition) is 7. The van der Waals surface area contributed by atoms with Crippen molar-refractivity contribution >= 4 is 23.7 Å². The number of H-pyrrole nitrogens is 1. The number of rotatable bonds is 12. The molecule has 1 aromatic rings. The predicted molar refractivity (Wildman–Crippen MR) is 111 cm³/mol. The molecule has 5 unspecified atom stereocenters. The molecule has 0 fully saturated rings. The second kappa shape index (κ2) is 12.0. The Morgan fingerprint density at radius 3 is 2.13 bits per heavy atom. The number of aliphatic carboxylic acids is 1. The fourth-order valence-corrected chi connectivity index (χ4v) is 2.68. The van der Waals surface area contributed by atoms with Crippen LogP contribution in [0.1, 0.15) is 39.8 Å². The first-order chi connectivity index (χ1) is 14.4. The number of nitrogens with one attached hydrogen (secondary N) is 4. The molecule has 12 nitrogen and oxygen atoms in total. The molecule has 31 heavy (non-hydrogen) atoms. The third-order valence-electron chi connectivity index (χ3n) is 4.51. The van der Waals surface area contributed by atoms with Crippen LogP contribution in [0, 0.1) is 5.92 Å². The summed E-state index contributed by atoms with van der Waals surface area (Å²) in [6, 6.07) is -4.47. The number of amides is 3. The van der Waals surface area contributed by atoms with E-state index in [1.54, 1.807) is 0 Å². The summed E-state index contributed by atoms with van der Waals surface area (Å²) in [4.78, 5) is 55.3. The molecule has 0 saturated heterocycles. The van der Waals surface area contributed by atoms with E-state index in [0.717, 1.165) is 0 Å². The zero-order valence-electron chi connectivity index (χ0n) is 18.1. The molecule has 12 heteroatoms. The van der Waals surface area contributed by atoms with E-state index in [0.29, 0.717) is 5.69 Å². The average Bonchev–Trinajstić information content (AvgIpc) is 3.18. The summed E-state index contributed by atoms with van der Waals surface area (Å²) in [6.07, 6.45) is 2.01. The van der Waals surface area contributed by atoms with Gasteiger partial charge < -0.3 is 36.9 Å². The lowest BCUT2D eigenvalue weighted by molar-refractivity contribution is -0.142. The van der Waals surface area contributed by atoms with Crippen molar-refractivity contribution in [2.75, 3.05) is 0 Å². The second-order valence-electron chi connectivity index (χ2n) is 7.87. The lowest BCUT2D eigenvalue weighted by Crippen LogP contribution is -2.57. The van der Waals surface area contributed by atoms with E-state index in [-0.39, 0.29) is 18.8 Å². The Bertz CT molecular complexity index is 751. The van der Waals surface area contributed by atoms with E-state index in [1.165, 1.54) is 26.4 Å². The number of imidazole rings is 1. The maximum Gasteiger partial charge on any atom is 0.326 e. The van der Waals surface area contributed by atoms with Gasteiger partial charge in [-0.25, -0.2) is 9.78 Å². The van der Waals surface area contributed by atoms with Crippen LogP contribution in [0.3, 0.4) is 0 Å². The molecule has 174 valence electrons. The number of carboxylic acid groups (broad SMARTS) is 1. The average molecular weight is 441 g/mol. The molecule has 0 radical (unpaired) electrons. The normalized spacial score (nSPS) is 16.0. The van der Waals surface area contributed by atoms with Crippen molar-refractivity contribution < 1.29 is 29.4 Å². The molecular weight excluding hydrogens is 408 g/mol. The molecule has 0 aliphatic carbocycles. The summed E-state index contributed by atoms with van der Waals surface area (Å²) >= 11 is 0. The van der Waals surface area contributed by atoms with Crippen LogP contribution in [0.2, 0.25) is 0 Å². The maximum atomic E-state index is 12.7. The number of aliphatic hydroxyl groups is 1. The predicted octanol–water partition coefficient (Wildman–Crippen LogP) is -1.73. The highest BCUT2D eigenvalue weighted by Gasteiger charge is 2.29. The minimum atomic E-state index is -1.24. The molecule has 5 atom stereocenters. The Kier molecular flexibility index (Phi) is 10.1. The van der Waals surface area contributed by atoms with Crippen LogP contribution >= 0.6 is 0 Å². The first kappa shape index (κ1) is 26.0. The number of carboxylic acids is 1. The highest BCUT2D eigenvalue weighted by atomic mass is 16.4. The standard InChI is InChI=1S/C19H32N6O6/c1-9(2)5-13(24-18(29)15(20)11(4)26)17(28)23-10(3)16(27)25-14(19(30)31)6-12-7-21-8-22-12/h7-11,13-15,26H,5-6,20H2,1-4H3,(H,21,22)(H,23,28)(H,24,29)(H,25,27)(H,30,31). The highest BCUT2D eigenvalue weighted by Crippen LogP contribution is 2.07. The smallest absolute Gasteiger partial charge is 0.326 e. The number of nitrogens with zero attached hydrogens (tertiary/aromatic N) is 1. The van der Waals surface area contributed by atoms with Crippen LogP contribution in [0.25, 0.3) is 0 Å². The summed E-state index contributed by atoms with van der Waals surface area (Å²) < 4.78 is 0. The monoisotopic (exact) mass is 440 g/mol. The van der Waals surface area contributed by atoms with Gasteiger partial charge in [-0.1, -0.05) is 13.8 Å². The van der Waals surface area contributed by atoms with Crippen molar-refractivity contribution in [1.82, 2.24) is 25.9 Å². The number of carbonyl (C=O) groups is 4. The van der Waals surface area contributed by atoms with Crippen molar-refractivity contribution in [3.63, 3.8) is 0 Å². The SMILES string of the molecule is CC(C)CC(NC(=O)C(N)C(C)O)C(=O)NC(C)C(=O)NC(Cc1cnc[nH]1)C(=O)O. The van der Waals surface area contributed by atoms with E-state index in [9.17, 15) is 29.4 Å². The number of aliphatic hydroxyl groups excluding tert-OH is 1. The first-order valence-corrected chi connectivity index (χ1v) is 9.97. The fraction of sp³-hybridized carbons (Fsp3) is 0.632. The van der Waals surface area contributed by atoms with Crippen molar-refractivity contribution in [1.29, 1.82) is 0 Å². The lowest BCUT2D eigenvalue weighted by atomic mass is 10.0. The molecule has 1 rings (SSSR count). The Hall–Kier alpha value is -2.99. The molecule has 0 bridgehead atoms. The zero-order chi connectivity index (χ0) is 23.7. The summed E-state index contributed by atoms with van der Waals surface area (Å²) in [5.74, 6) is -3.22. The molecule has 0 spiro atoms. The Labute approximate surface area is 180 Å². The molecule has 0 saturated carbocycles. The second-order valence-corrected chi connectivity index (χ2v) is 7.87. The van der Waals surface area contributed by atoms with Gasteiger partial charge in [-0.15, -0.1) is 0 Å². The third kappa shape index (κ3) is 8.72. The number of carbonyl (C=O) groups excluding carboxylic acids is 3.